The predicted octanol–water partition coefficient (Wildman–Crippen LogP) is 5.50. The first-order valence-electron chi connectivity index (χ1n) is 11.4. The monoisotopic (exact) mass is 434 g/mol. The molecule has 1 unspecified atom stereocenters. The quantitative estimate of drug-likeness (QED) is 0.461. The molecule has 4 nitrogen and oxygen atoms in total. The predicted molar refractivity (Wildman–Crippen MR) is 132 cm³/mol. The van der Waals surface area contributed by atoms with E-state index in [1.54, 1.807) is 7.11 Å². The first-order chi connectivity index (χ1) is 16.1. The molecular weight excluding hydrogens is 408 g/mol. The number of nitrogens with zero attached hydrogens (tertiary/aromatic N) is 1. The third-order valence-corrected chi connectivity index (χ3v) is 7.07. The second-order valence-electron chi connectivity index (χ2n) is 9.22. The van der Waals surface area contributed by atoms with E-state index >= 15 is 0 Å². The highest BCUT2D eigenvalue weighted by atomic mass is 16.5. The molecule has 0 amide bonds. The number of anilines is 1. The number of ether oxygens (including phenoxy) is 1. The lowest BCUT2D eigenvalue weighted by Gasteiger charge is -2.56. The summed E-state index contributed by atoms with van der Waals surface area (Å²) in [4.78, 5) is 16.1. The molecule has 0 aliphatic carbocycles. The normalized spacial score (nSPS) is 19.1. The number of benzene rings is 4. The van der Waals surface area contributed by atoms with Crippen molar-refractivity contribution in [1.82, 2.24) is 4.90 Å². The maximum atomic E-state index is 13.7. The van der Waals surface area contributed by atoms with Crippen LogP contribution in [0, 0.1) is 0 Å². The van der Waals surface area contributed by atoms with Crippen molar-refractivity contribution in [3.8, 4) is 5.75 Å². The molecule has 2 aliphatic rings. The van der Waals surface area contributed by atoms with Crippen molar-refractivity contribution in [3.63, 3.8) is 0 Å². The lowest BCUT2D eigenvalue weighted by molar-refractivity contribution is 0.0482. The summed E-state index contributed by atoms with van der Waals surface area (Å²) in [7, 11) is 1.66. The zero-order valence-electron chi connectivity index (χ0n) is 18.6. The summed E-state index contributed by atoms with van der Waals surface area (Å²) in [5.41, 5.74) is 3.74. The van der Waals surface area contributed by atoms with Gasteiger partial charge in [-0.25, -0.2) is 0 Å². The highest BCUT2D eigenvalue weighted by Gasteiger charge is 2.55. The van der Waals surface area contributed by atoms with Gasteiger partial charge in [-0.2, -0.15) is 0 Å². The summed E-state index contributed by atoms with van der Waals surface area (Å²) >= 11 is 0. The van der Waals surface area contributed by atoms with Crippen LogP contribution < -0.4 is 10.1 Å². The number of ketones is 1. The lowest BCUT2D eigenvalue weighted by Crippen LogP contribution is -2.70. The van der Waals surface area contributed by atoms with E-state index in [0.29, 0.717) is 0 Å². The average Bonchev–Trinajstić information content (AvgIpc) is 2.83. The number of hydrogen-bond donors (Lipinski definition) is 1. The van der Waals surface area contributed by atoms with Crippen molar-refractivity contribution in [2.45, 2.75) is 18.0 Å². The molecule has 1 spiro atoms. The van der Waals surface area contributed by atoms with Crippen molar-refractivity contribution in [2.75, 3.05) is 25.5 Å². The summed E-state index contributed by atoms with van der Waals surface area (Å²) in [6, 6.07) is 31.0. The van der Waals surface area contributed by atoms with Gasteiger partial charge < -0.3 is 10.1 Å². The Labute approximate surface area is 193 Å². The SMILES string of the molecule is COc1ccc(C2C(=O)c3ccccc3NC23CN(Cc2ccc4ccccc4c2)C3)cc1. The zero-order chi connectivity index (χ0) is 22.4. The van der Waals surface area contributed by atoms with Gasteiger partial charge >= 0.3 is 0 Å². The summed E-state index contributed by atoms with van der Waals surface area (Å²) in [5.74, 6) is 0.766. The van der Waals surface area contributed by atoms with Gasteiger partial charge in [-0.3, -0.25) is 9.69 Å². The minimum atomic E-state index is -0.309. The molecule has 2 aliphatic heterocycles. The van der Waals surface area contributed by atoms with Crippen LogP contribution in [0.1, 0.15) is 27.4 Å². The largest absolute Gasteiger partial charge is 0.497 e. The van der Waals surface area contributed by atoms with Gasteiger partial charge in [-0.05, 0) is 52.2 Å². The Morgan fingerprint density at radius 1 is 0.909 bits per heavy atom. The second kappa shape index (κ2) is 7.75. The van der Waals surface area contributed by atoms with Gasteiger partial charge in [0.25, 0.3) is 0 Å². The van der Waals surface area contributed by atoms with E-state index < -0.39 is 0 Å². The highest BCUT2D eigenvalue weighted by Crippen LogP contribution is 2.46. The number of Topliss-reactive ketones (excluding diaryl/α,β-unsaturated/α-hetero) is 1. The molecular formula is C29H26N2O2. The van der Waals surface area contributed by atoms with Crippen LogP contribution in [0.15, 0.2) is 91.0 Å². The number of fused-ring (bicyclic) bond motifs is 2. The van der Waals surface area contributed by atoms with Crippen molar-refractivity contribution in [2.24, 2.45) is 0 Å². The van der Waals surface area contributed by atoms with Crippen molar-refractivity contribution < 1.29 is 9.53 Å². The van der Waals surface area contributed by atoms with Crippen molar-refractivity contribution >= 4 is 22.2 Å². The third-order valence-electron chi connectivity index (χ3n) is 7.07. The van der Waals surface area contributed by atoms with Gasteiger partial charge in [0.15, 0.2) is 5.78 Å². The molecule has 4 aromatic carbocycles. The van der Waals surface area contributed by atoms with Gasteiger partial charge in [0, 0.05) is 30.9 Å². The Morgan fingerprint density at radius 2 is 1.64 bits per heavy atom. The van der Waals surface area contributed by atoms with E-state index in [4.69, 9.17) is 4.74 Å². The molecule has 0 radical (unpaired) electrons. The van der Waals surface area contributed by atoms with Crippen LogP contribution in [0.25, 0.3) is 10.8 Å². The maximum Gasteiger partial charge on any atom is 0.174 e. The van der Waals surface area contributed by atoms with Gasteiger partial charge in [-0.15, -0.1) is 0 Å². The number of carbonyl (C=O) groups is 1. The van der Waals surface area contributed by atoms with Crippen molar-refractivity contribution in [3.05, 3.63) is 108 Å². The van der Waals surface area contributed by atoms with Crippen LogP contribution in [-0.4, -0.2) is 36.4 Å². The van der Waals surface area contributed by atoms with Crippen LogP contribution in [0.3, 0.4) is 0 Å². The average molecular weight is 435 g/mol. The third kappa shape index (κ3) is 3.38. The van der Waals surface area contributed by atoms with Gasteiger partial charge in [0.05, 0.1) is 18.6 Å². The number of likely N-dealkylation sites (tertiary alicyclic amines) is 1. The maximum absolute atomic E-state index is 13.7. The first kappa shape index (κ1) is 20.0. The molecule has 1 saturated heterocycles. The fourth-order valence-electron chi connectivity index (χ4n) is 5.54. The summed E-state index contributed by atoms with van der Waals surface area (Å²) in [6.45, 7) is 2.51. The minimum Gasteiger partial charge on any atom is -0.497 e. The highest BCUT2D eigenvalue weighted by molar-refractivity contribution is 6.08. The first-order valence-corrected chi connectivity index (χ1v) is 11.4. The van der Waals surface area contributed by atoms with Gasteiger partial charge in [-0.1, -0.05) is 60.7 Å². The summed E-state index contributed by atoms with van der Waals surface area (Å²) < 4.78 is 5.34. The molecule has 164 valence electrons. The Kier molecular flexibility index (Phi) is 4.70. The topological polar surface area (TPSA) is 41.6 Å². The summed E-state index contributed by atoms with van der Waals surface area (Å²) in [5, 5.41) is 6.30. The fraction of sp³-hybridized carbons (Fsp3) is 0.207. The number of carbonyl (C=O) groups excluding carboxylic acids is 1. The smallest absolute Gasteiger partial charge is 0.174 e. The molecule has 1 atom stereocenters. The van der Waals surface area contributed by atoms with E-state index in [-0.39, 0.29) is 17.2 Å². The number of hydrogen-bond acceptors (Lipinski definition) is 4. The molecule has 1 N–H and O–H groups in total. The molecule has 2 heterocycles. The van der Waals surface area contributed by atoms with E-state index in [9.17, 15) is 4.79 Å². The van der Waals surface area contributed by atoms with Crippen LogP contribution in [0.2, 0.25) is 0 Å². The van der Waals surface area contributed by atoms with Gasteiger partial charge in [0.2, 0.25) is 0 Å². The van der Waals surface area contributed by atoms with E-state index in [0.717, 1.165) is 42.2 Å². The van der Waals surface area contributed by atoms with E-state index in [1.165, 1.54) is 16.3 Å². The Bertz CT molecular complexity index is 1340. The Hall–Kier alpha value is -3.63. The number of nitrogens with one attached hydrogen (secondary N) is 1. The van der Waals surface area contributed by atoms with Crippen molar-refractivity contribution in [1.29, 1.82) is 0 Å². The molecule has 0 saturated carbocycles. The number of rotatable bonds is 4. The number of methoxy groups -OCH3 is 1. The fourth-order valence-corrected chi connectivity index (χ4v) is 5.54. The molecule has 0 bridgehead atoms. The second-order valence-corrected chi connectivity index (χ2v) is 9.22. The van der Waals surface area contributed by atoms with Gasteiger partial charge in [0.1, 0.15) is 5.75 Å². The minimum absolute atomic E-state index is 0.194. The van der Waals surface area contributed by atoms with Crippen LogP contribution >= 0.6 is 0 Å². The van der Waals surface area contributed by atoms with Crippen LogP contribution in [0.4, 0.5) is 5.69 Å². The Morgan fingerprint density at radius 3 is 2.42 bits per heavy atom. The molecule has 4 heteroatoms. The molecule has 6 rings (SSSR count). The lowest BCUT2D eigenvalue weighted by atomic mass is 9.67. The van der Waals surface area contributed by atoms with E-state index in [2.05, 4.69) is 52.7 Å². The standard InChI is InChI=1S/C29H26N2O2/c1-33-24-14-12-22(13-15-24)27-28(32)25-8-4-5-9-26(25)30-29(27)18-31(19-29)17-20-10-11-21-6-2-3-7-23(21)16-20/h2-16,27,30H,17-19H2,1H3. The number of para-hydroxylation sites is 1. The molecule has 1 fully saturated rings. The van der Waals surface area contributed by atoms with E-state index in [1.807, 2.05) is 48.5 Å². The van der Waals surface area contributed by atoms with Crippen LogP contribution in [0.5, 0.6) is 5.75 Å². The summed E-state index contributed by atoms with van der Waals surface area (Å²) in [6.07, 6.45) is 0. The molecule has 4 aromatic rings. The molecule has 0 aromatic heterocycles. The Balaban J connectivity index is 1.30. The molecule has 33 heavy (non-hydrogen) atoms. The van der Waals surface area contributed by atoms with Crippen LogP contribution in [-0.2, 0) is 6.54 Å². The zero-order valence-corrected chi connectivity index (χ0v) is 18.6.